The Hall–Kier alpha value is -2.99. The smallest absolute Gasteiger partial charge is 0.255 e. The number of nitrogens with one attached hydrogen (secondary N) is 3. The minimum absolute atomic E-state index is 0.174. The fourth-order valence-electron chi connectivity index (χ4n) is 2.37. The van der Waals surface area contributed by atoms with Crippen molar-refractivity contribution in [1.82, 2.24) is 0 Å². The van der Waals surface area contributed by atoms with Gasteiger partial charge < -0.3 is 14.8 Å². The van der Waals surface area contributed by atoms with Gasteiger partial charge >= 0.3 is 0 Å². The summed E-state index contributed by atoms with van der Waals surface area (Å²) in [6.45, 7) is 0. The van der Waals surface area contributed by atoms with E-state index in [9.17, 15) is 21.6 Å². The summed E-state index contributed by atoms with van der Waals surface area (Å²) in [7, 11) is -4.29. The number of carbonyl (C=O) groups excluding carboxylic acids is 1. The molecule has 0 saturated heterocycles. The molecule has 2 aromatic rings. The number of hydrogen-bond acceptors (Lipinski definition) is 7. The van der Waals surface area contributed by atoms with Gasteiger partial charge in [-0.15, -0.1) is 0 Å². The largest absolute Gasteiger partial charge is 0.495 e. The third kappa shape index (κ3) is 6.54. The molecule has 0 aliphatic carbocycles. The van der Waals surface area contributed by atoms with Crippen LogP contribution in [-0.2, 0) is 20.0 Å². The molecule has 0 bridgehead atoms. The molecule has 158 valence electrons. The molecule has 12 heteroatoms. The molecule has 0 spiro atoms. The lowest BCUT2D eigenvalue weighted by Crippen LogP contribution is -2.14. The van der Waals surface area contributed by atoms with Gasteiger partial charge in [0, 0.05) is 17.3 Å². The first-order valence-electron chi connectivity index (χ1n) is 8.05. The molecule has 2 rings (SSSR count). The number of rotatable bonds is 8. The molecule has 0 fully saturated rings. The first-order valence-corrected chi connectivity index (χ1v) is 11.8. The van der Waals surface area contributed by atoms with Gasteiger partial charge in [0.2, 0.25) is 20.0 Å². The maximum atomic E-state index is 12.5. The van der Waals surface area contributed by atoms with Crippen LogP contribution in [0.25, 0.3) is 0 Å². The molecule has 10 nitrogen and oxygen atoms in total. The van der Waals surface area contributed by atoms with Crippen LogP contribution in [0.2, 0.25) is 0 Å². The van der Waals surface area contributed by atoms with Gasteiger partial charge in [-0.1, -0.05) is 0 Å². The lowest BCUT2D eigenvalue weighted by atomic mass is 10.1. The van der Waals surface area contributed by atoms with Gasteiger partial charge in [-0.2, -0.15) is 0 Å². The zero-order valence-corrected chi connectivity index (χ0v) is 17.8. The minimum Gasteiger partial charge on any atom is -0.495 e. The van der Waals surface area contributed by atoms with Crippen molar-refractivity contribution < 1.29 is 31.1 Å². The highest BCUT2D eigenvalue weighted by Crippen LogP contribution is 2.30. The molecule has 0 saturated carbocycles. The third-order valence-corrected chi connectivity index (χ3v) is 4.70. The van der Waals surface area contributed by atoms with Crippen LogP contribution in [0.1, 0.15) is 10.4 Å². The predicted octanol–water partition coefficient (Wildman–Crippen LogP) is 1.70. The molecule has 0 aliphatic heterocycles. The number of methoxy groups -OCH3 is 2. The van der Waals surface area contributed by atoms with E-state index in [-0.39, 0.29) is 28.4 Å². The van der Waals surface area contributed by atoms with Gasteiger partial charge in [-0.05, 0) is 30.3 Å². The van der Waals surface area contributed by atoms with Gasteiger partial charge in [0.1, 0.15) is 11.5 Å². The number of carbonyl (C=O) groups is 1. The normalized spacial score (nSPS) is 11.4. The van der Waals surface area contributed by atoms with Gasteiger partial charge in [-0.3, -0.25) is 14.2 Å². The van der Waals surface area contributed by atoms with Crippen molar-refractivity contribution in [3.63, 3.8) is 0 Å². The second-order valence-electron chi connectivity index (χ2n) is 6.03. The number of ether oxygens (including phenoxy) is 2. The number of sulfonamides is 2. The molecule has 29 heavy (non-hydrogen) atoms. The monoisotopic (exact) mass is 443 g/mol. The summed E-state index contributed by atoms with van der Waals surface area (Å²) >= 11 is 0. The Bertz CT molecular complexity index is 1130. The number of amides is 1. The molecule has 0 aliphatic rings. The van der Waals surface area contributed by atoms with E-state index in [2.05, 4.69) is 14.8 Å². The lowest BCUT2D eigenvalue weighted by Gasteiger charge is -2.13. The maximum absolute atomic E-state index is 12.5. The average Bonchev–Trinajstić information content (AvgIpc) is 2.60. The molecular weight excluding hydrogens is 422 g/mol. The van der Waals surface area contributed by atoms with Gasteiger partial charge in [-0.25, -0.2) is 16.8 Å². The SMILES string of the molecule is COc1cc(NC(=O)c2ccc(NS(C)(=O)=O)c(OC)c2)ccc1NS(C)(=O)=O. The van der Waals surface area contributed by atoms with Crippen LogP contribution < -0.4 is 24.2 Å². The molecule has 0 atom stereocenters. The van der Waals surface area contributed by atoms with Gasteiger partial charge in [0.05, 0.1) is 38.1 Å². The Kier molecular flexibility index (Phi) is 6.59. The summed E-state index contributed by atoms with van der Waals surface area (Å²) in [5, 5.41) is 2.65. The third-order valence-electron chi connectivity index (χ3n) is 3.51. The minimum atomic E-state index is -3.51. The molecule has 2 aromatic carbocycles. The van der Waals surface area contributed by atoms with E-state index in [1.807, 2.05) is 0 Å². The highest BCUT2D eigenvalue weighted by atomic mass is 32.2. The molecule has 0 unspecified atom stereocenters. The Morgan fingerprint density at radius 1 is 0.793 bits per heavy atom. The molecule has 0 radical (unpaired) electrons. The van der Waals surface area contributed by atoms with E-state index >= 15 is 0 Å². The Morgan fingerprint density at radius 2 is 1.28 bits per heavy atom. The van der Waals surface area contributed by atoms with Crippen LogP contribution in [0, 0.1) is 0 Å². The van der Waals surface area contributed by atoms with E-state index in [0.29, 0.717) is 5.69 Å². The van der Waals surface area contributed by atoms with Crippen LogP contribution in [0.15, 0.2) is 36.4 Å². The van der Waals surface area contributed by atoms with Crippen LogP contribution in [0.5, 0.6) is 11.5 Å². The summed E-state index contributed by atoms with van der Waals surface area (Å²) in [6, 6.07) is 8.65. The molecule has 0 aromatic heterocycles. The lowest BCUT2D eigenvalue weighted by molar-refractivity contribution is 0.102. The molecule has 0 heterocycles. The standard InChI is InChI=1S/C17H21N3O7S2/c1-26-15-9-11(5-7-13(15)19-28(3,22)23)17(21)18-12-6-8-14(16(10-12)27-2)20-29(4,24)25/h5-10,19-20H,1-4H3,(H,18,21). The fourth-order valence-corrected chi connectivity index (χ4v) is 3.51. The molecule has 1 amide bonds. The van der Waals surface area contributed by atoms with E-state index in [0.717, 1.165) is 12.5 Å². The van der Waals surface area contributed by atoms with Crippen molar-refractivity contribution in [3.8, 4) is 11.5 Å². The van der Waals surface area contributed by atoms with E-state index in [1.54, 1.807) is 0 Å². The Labute approximate surface area is 169 Å². The molecular formula is C17H21N3O7S2. The van der Waals surface area contributed by atoms with Gasteiger partial charge in [0.25, 0.3) is 5.91 Å². The fraction of sp³-hybridized carbons (Fsp3) is 0.235. The summed E-state index contributed by atoms with van der Waals surface area (Å²) in [6.07, 6.45) is 2.01. The number of hydrogen-bond donors (Lipinski definition) is 3. The van der Waals surface area contributed by atoms with E-state index in [1.165, 1.54) is 50.6 Å². The Morgan fingerprint density at radius 3 is 1.76 bits per heavy atom. The first-order chi connectivity index (χ1) is 13.4. The summed E-state index contributed by atoms with van der Waals surface area (Å²) in [5.74, 6) is -0.0908. The first kappa shape index (κ1) is 22.3. The van der Waals surface area contributed by atoms with Crippen LogP contribution in [0.4, 0.5) is 17.1 Å². The van der Waals surface area contributed by atoms with Crippen molar-refractivity contribution in [2.45, 2.75) is 0 Å². The second-order valence-corrected chi connectivity index (χ2v) is 9.53. The van der Waals surface area contributed by atoms with E-state index in [4.69, 9.17) is 9.47 Å². The Balaban J connectivity index is 2.25. The van der Waals surface area contributed by atoms with Crippen molar-refractivity contribution in [2.24, 2.45) is 0 Å². The number of benzene rings is 2. The van der Waals surface area contributed by atoms with Crippen molar-refractivity contribution >= 4 is 43.0 Å². The zero-order valence-electron chi connectivity index (χ0n) is 16.1. The summed E-state index contributed by atoms with van der Waals surface area (Å²) in [4.78, 5) is 12.5. The van der Waals surface area contributed by atoms with Crippen molar-refractivity contribution in [2.75, 3.05) is 41.5 Å². The highest BCUT2D eigenvalue weighted by Gasteiger charge is 2.14. The number of anilines is 3. The topological polar surface area (TPSA) is 140 Å². The summed E-state index contributed by atoms with van der Waals surface area (Å²) < 4.78 is 60.5. The predicted molar refractivity (Wildman–Crippen MR) is 111 cm³/mol. The van der Waals surface area contributed by atoms with Crippen LogP contribution in [-0.4, -0.2) is 49.5 Å². The zero-order chi connectivity index (χ0) is 21.8. The van der Waals surface area contributed by atoms with Gasteiger partial charge in [0.15, 0.2) is 0 Å². The van der Waals surface area contributed by atoms with Crippen LogP contribution in [0.3, 0.4) is 0 Å². The summed E-state index contributed by atoms with van der Waals surface area (Å²) in [5.41, 5.74) is 1.01. The quantitative estimate of drug-likeness (QED) is 0.564. The highest BCUT2D eigenvalue weighted by molar-refractivity contribution is 7.92. The van der Waals surface area contributed by atoms with Crippen molar-refractivity contribution in [3.05, 3.63) is 42.0 Å². The van der Waals surface area contributed by atoms with Crippen molar-refractivity contribution in [1.29, 1.82) is 0 Å². The van der Waals surface area contributed by atoms with E-state index < -0.39 is 26.0 Å². The average molecular weight is 444 g/mol. The van der Waals surface area contributed by atoms with Crippen LogP contribution >= 0.6 is 0 Å². The molecule has 3 N–H and O–H groups in total. The maximum Gasteiger partial charge on any atom is 0.255 e. The second kappa shape index (κ2) is 8.57.